The average Bonchev–Trinajstić information content (AvgIpc) is 3.13. The van der Waals surface area contributed by atoms with E-state index in [9.17, 15) is 9.59 Å². The lowest BCUT2D eigenvalue weighted by Crippen LogP contribution is -2.49. The predicted molar refractivity (Wildman–Crippen MR) is 90.3 cm³/mol. The fourth-order valence-corrected chi connectivity index (χ4v) is 3.99. The molecule has 0 saturated carbocycles. The number of urea groups is 1. The van der Waals surface area contributed by atoms with Gasteiger partial charge in [-0.2, -0.15) is 5.10 Å². The Bertz CT molecular complexity index is 626. The minimum atomic E-state index is -0.423. The highest BCUT2D eigenvalue weighted by atomic mass is 16.2. The van der Waals surface area contributed by atoms with Gasteiger partial charge in [-0.05, 0) is 45.6 Å². The van der Waals surface area contributed by atoms with Crippen molar-refractivity contribution in [2.24, 2.45) is 11.7 Å². The number of hydrogen-bond acceptors (Lipinski definition) is 3. The summed E-state index contributed by atoms with van der Waals surface area (Å²) in [5, 5.41) is 4.52. The number of aryl methyl sites for hydroxylation is 2. The van der Waals surface area contributed by atoms with Crippen LogP contribution in [0.25, 0.3) is 0 Å². The zero-order valence-corrected chi connectivity index (χ0v) is 14.6. The van der Waals surface area contributed by atoms with Crippen molar-refractivity contribution in [1.29, 1.82) is 0 Å². The maximum absolute atomic E-state index is 13.0. The van der Waals surface area contributed by atoms with Gasteiger partial charge < -0.3 is 15.5 Å². The zero-order valence-electron chi connectivity index (χ0n) is 14.6. The molecule has 3 heterocycles. The van der Waals surface area contributed by atoms with Crippen LogP contribution in [0.3, 0.4) is 0 Å². The van der Waals surface area contributed by atoms with Crippen LogP contribution in [0.2, 0.25) is 0 Å². The van der Waals surface area contributed by atoms with Gasteiger partial charge in [0.15, 0.2) is 0 Å². The molecule has 2 atom stereocenters. The highest BCUT2D eigenvalue weighted by Gasteiger charge is 2.36. The van der Waals surface area contributed by atoms with E-state index in [2.05, 4.69) is 11.2 Å². The third kappa shape index (κ3) is 3.39. The molecule has 0 radical (unpaired) electrons. The Labute approximate surface area is 142 Å². The van der Waals surface area contributed by atoms with Gasteiger partial charge in [-0.1, -0.05) is 0 Å². The largest absolute Gasteiger partial charge is 0.351 e. The Morgan fingerprint density at radius 3 is 2.67 bits per heavy atom. The second-order valence-corrected chi connectivity index (χ2v) is 7.06. The number of nitrogens with two attached hydrogens (primary N) is 1. The summed E-state index contributed by atoms with van der Waals surface area (Å²) < 4.78 is 2.00. The number of rotatable bonds is 3. The maximum Gasteiger partial charge on any atom is 0.314 e. The third-order valence-electron chi connectivity index (χ3n) is 5.23. The van der Waals surface area contributed by atoms with Crippen LogP contribution in [0.4, 0.5) is 4.79 Å². The highest BCUT2D eigenvalue weighted by Crippen LogP contribution is 2.25. The van der Waals surface area contributed by atoms with Gasteiger partial charge in [-0.25, -0.2) is 4.79 Å². The molecule has 2 N–H and O–H groups in total. The summed E-state index contributed by atoms with van der Waals surface area (Å²) in [5.74, 6) is 0.0530. The van der Waals surface area contributed by atoms with E-state index in [4.69, 9.17) is 5.73 Å². The van der Waals surface area contributed by atoms with E-state index in [1.807, 2.05) is 23.4 Å². The number of carbonyl (C=O) groups excluding carboxylic acids is 2. The second-order valence-electron chi connectivity index (χ2n) is 7.06. The number of nitrogens with zero attached hydrogens (tertiary/aromatic N) is 4. The molecule has 0 aliphatic carbocycles. The highest BCUT2D eigenvalue weighted by molar-refractivity contribution is 5.81. The molecule has 0 bridgehead atoms. The molecule has 1 aromatic rings. The quantitative estimate of drug-likeness (QED) is 0.904. The predicted octanol–water partition coefficient (Wildman–Crippen LogP) is 1.28. The van der Waals surface area contributed by atoms with Crippen molar-refractivity contribution < 1.29 is 9.59 Å². The van der Waals surface area contributed by atoms with Crippen molar-refractivity contribution in [2.75, 3.05) is 19.6 Å². The molecule has 2 aliphatic heterocycles. The van der Waals surface area contributed by atoms with Gasteiger partial charge in [-0.15, -0.1) is 0 Å². The van der Waals surface area contributed by atoms with Crippen LogP contribution in [0.1, 0.15) is 37.1 Å². The van der Waals surface area contributed by atoms with E-state index in [0.29, 0.717) is 13.1 Å². The fraction of sp³-hybridized carbons (Fsp3) is 0.706. The molecule has 2 aliphatic rings. The molecule has 3 amide bonds. The molecular formula is C17H27N5O2. The topological polar surface area (TPSA) is 84.5 Å². The molecule has 132 valence electrons. The molecular weight excluding hydrogens is 306 g/mol. The average molecular weight is 333 g/mol. The van der Waals surface area contributed by atoms with Crippen LogP contribution in [0, 0.1) is 19.8 Å². The molecule has 2 saturated heterocycles. The van der Waals surface area contributed by atoms with Gasteiger partial charge in [0, 0.05) is 25.3 Å². The molecule has 2 fully saturated rings. The Hall–Kier alpha value is -2.05. The summed E-state index contributed by atoms with van der Waals surface area (Å²) in [6, 6.07) is 1.83. The van der Waals surface area contributed by atoms with Gasteiger partial charge in [0.05, 0.1) is 24.2 Å². The Morgan fingerprint density at radius 1 is 1.25 bits per heavy atom. The normalized spacial score (nSPS) is 24.4. The SMILES string of the molecule is Cc1cc(C)n(C[C@@H]2CCCN2C(=O)[C@@H]2CCCN(C(N)=O)C2)n1. The summed E-state index contributed by atoms with van der Waals surface area (Å²) in [4.78, 5) is 28.0. The first-order valence-corrected chi connectivity index (χ1v) is 8.81. The monoisotopic (exact) mass is 333 g/mol. The first-order valence-electron chi connectivity index (χ1n) is 8.81. The summed E-state index contributed by atoms with van der Waals surface area (Å²) in [6.07, 6.45) is 3.72. The van der Waals surface area contributed by atoms with Gasteiger partial charge in [0.2, 0.25) is 5.91 Å². The molecule has 1 aromatic heterocycles. The summed E-state index contributed by atoms with van der Waals surface area (Å²) in [6.45, 7) is 6.70. The molecule has 0 spiro atoms. The van der Waals surface area contributed by atoms with E-state index >= 15 is 0 Å². The zero-order chi connectivity index (χ0) is 17.3. The van der Waals surface area contributed by atoms with E-state index < -0.39 is 6.03 Å². The van der Waals surface area contributed by atoms with Crippen molar-refractivity contribution in [3.63, 3.8) is 0 Å². The number of amides is 3. The molecule has 3 rings (SSSR count). The maximum atomic E-state index is 13.0. The lowest BCUT2D eigenvalue weighted by Gasteiger charge is -2.35. The standard InChI is InChI=1S/C17H27N5O2/c1-12-9-13(2)22(19-12)11-15-6-4-8-21(15)16(23)14-5-3-7-20(10-14)17(18)24/h9,14-15H,3-8,10-11H2,1-2H3,(H2,18,24)/t14-,15+/m1/s1. The number of likely N-dealkylation sites (tertiary alicyclic amines) is 2. The summed E-state index contributed by atoms with van der Waals surface area (Å²) >= 11 is 0. The number of carbonyl (C=O) groups is 2. The van der Waals surface area contributed by atoms with Crippen molar-refractivity contribution in [3.05, 3.63) is 17.5 Å². The molecule has 7 heteroatoms. The second kappa shape index (κ2) is 6.83. The first-order chi connectivity index (χ1) is 11.5. The number of hydrogen-bond donors (Lipinski definition) is 1. The lowest BCUT2D eigenvalue weighted by molar-refractivity contribution is -0.138. The first kappa shape index (κ1) is 16.8. The Balaban J connectivity index is 1.67. The summed E-state index contributed by atoms with van der Waals surface area (Å²) in [7, 11) is 0. The summed E-state index contributed by atoms with van der Waals surface area (Å²) in [5.41, 5.74) is 7.52. The molecule has 7 nitrogen and oxygen atoms in total. The lowest BCUT2D eigenvalue weighted by atomic mass is 9.96. The third-order valence-corrected chi connectivity index (χ3v) is 5.23. The number of piperidine rings is 1. The van der Waals surface area contributed by atoms with Crippen molar-refractivity contribution in [1.82, 2.24) is 19.6 Å². The van der Waals surface area contributed by atoms with Crippen LogP contribution >= 0.6 is 0 Å². The van der Waals surface area contributed by atoms with E-state index in [1.54, 1.807) is 4.90 Å². The molecule has 24 heavy (non-hydrogen) atoms. The van der Waals surface area contributed by atoms with Crippen LogP contribution in [-0.4, -0.2) is 57.2 Å². The Kier molecular flexibility index (Phi) is 4.78. The van der Waals surface area contributed by atoms with Gasteiger partial charge >= 0.3 is 6.03 Å². The number of primary amides is 1. The molecule has 0 aromatic carbocycles. The van der Waals surface area contributed by atoms with Crippen LogP contribution < -0.4 is 5.73 Å². The molecule has 0 unspecified atom stereocenters. The van der Waals surface area contributed by atoms with Crippen LogP contribution in [0.5, 0.6) is 0 Å². The Morgan fingerprint density at radius 2 is 2.00 bits per heavy atom. The van der Waals surface area contributed by atoms with E-state index in [-0.39, 0.29) is 17.9 Å². The van der Waals surface area contributed by atoms with Crippen LogP contribution in [0.15, 0.2) is 6.07 Å². The smallest absolute Gasteiger partial charge is 0.314 e. The van der Waals surface area contributed by atoms with Crippen molar-refractivity contribution in [2.45, 2.75) is 52.1 Å². The number of aromatic nitrogens is 2. The van der Waals surface area contributed by atoms with Gasteiger partial charge in [0.25, 0.3) is 0 Å². The minimum Gasteiger partial charge on any atom is -0.351 e. The van der Waals surface area contributed by atoms with Gasteiger partial charge in [-0.3, -0.25) is 9.48 Å². The van der Waals surface area contributed by atoms with E-state index in [0.717, 1.165) is 50.2 Å². The fourth-order valence-electron chi connectivity index (χ4n) is 3.99. The minimum absolute atomic E-state index is 0.118. The van der Waals surface area contributed by atoms with E-state index in [1.165, 1.54) is 0 Å². The van der Waals surface area contributed by atoms with Crippen molar-refractivity contribution in [3.8, 4) is 0 Å². The van der Waals surface area contributed by atoms with Crippen LogP contribution in [-0.2, 0) is 11.3 Å². The van der Waals surface area contributed by atoms with Gasteiger partial charge in [0.1, 0.15) is 0 Å². The van der Waals surface area contributed by atoms with Crippen molar-refractivity contribution >= 4 is 11.9 Å².